The van der Waals surface area contributed by atoms with Crippen LogP contribution in [0.5, 0.6) is 0 Å². The first kappa shape index (κ1) is 13.1. The summed E-state index contributed by atoms with van der Waals surface area (Å²) in [6, 6.07) is -0.228. The van der Waals surface area contributed by atoms with Gasteiger partial charge < -0.3 is 10.2 Å². The third kappa shape index (κ3) is 1.88. The van der Waals surface area contributed by atoms with Gasteiger partial charge >= 0.3 is 0 Å². The standard InChI is InChI=1S/C15H18N4OS/c1-21-14-16-8-10-4-5-11-13(20)17-9-15(6-2-3-7-15)19(11)12(10)18-14/h4-5,8,11H,2-3,6-7,9H2,1H3,(H,17,20). The smallest absolute Gasteiger partial charge is 0.246 e. The fraction of sp³-hybridized carbons (Fsp3) is 0.533. The van der Waals surface area contributed by atoms with Crippen molar-refractivity contribution in [3.8, 4) is 0 Å². The lowest BCUT2D eigenvalue weighted by Crippen LogP contribution is -2.67. The van der Waals surface area contributed by atoms with E-state index in [4.69, 9.17) is 4.98 Å². The minimum Gasteiger partial charge on any atom is -0.352 e. The molecule has 0 radical (unpaired) electrons. The molecule has 2 aliphatic heterocycles. The van der Waals surface area contributed by atoms with Crippen molar-refractivity contribution in [2.24, 2.45) is 0 Å². The first-order valence-electron chi connectivity index (χ1n) is 7.40. The van der Waals surface area contributed by atoms with E-state index in [1.54, 1.807) is 0 Å². The van der Waals surface area contributed by atoms with Crippen LogP contribution in [-0.4, -0.2) is 40.3 Å². The van der Waals surface area contributed by atoms with Crippen molar-refractivity contribution in [1.82, 2.24) is 15.3 Å². The van der Waals surface area contributed by atoms with Gasteiger partial charge in [0.2, 0.25) is 5.91 Å². The van der Waals surface area contributed by atoms with E-state index in [1.807, 2.05) is 24.6 Å². The summed E-state index contributed by atoms with van der Waals surface area (Å²) >= 11 is 1.54. The van der Waals surface area contributed by atoms with Crippen molar-refractivity contribution >= 4 is 29.6 Å². The lowest BCUT2D eigenvalue weighted by molar-refractivity contribution is -0.123. The molecule has 4 rings (SSSR count). The zero-order valence-electron chi connectivity index (χ0n) is 12.0. The van der Waals surface area contributed by atoms with Crippen LogP contribution in [0.15, 0.2) is 17.4 Å². The predicted octanol–water partition coefficient (Wildman–Crippen LogP) is 1.84. The average Bonchev–Trinajstić information content (AvgIpc) is 2.99. The van der Waals surface area contributed by atoms with E-state index in [0.29, 0.717) is 0 Å². The van der Waals surface area contributed by atoms with Gasteiger partial charge in [0.15, 0.2) is 5.16 Å². The molecule has 1 saturated heterocycles. The predicted molar refractivity (Wildman–Crippen MR) is 83.3 cm³/mol. The van der Waals surface area contributed by atoms with Crippen LogP contribution in [-0.2, 0) is 4.79 Å². The highest BCUT2D eigenvalue weighted by Gasteiger charge is 2.49. The summed E-state index contributed by atoms with van der Waals surface area (Å²) in [6.07, 6.45) is 12.5. The summed E-state index contributed by atoms with van der Waals surface area (Å²) in [5.41, 5.74) is 1.05. The van der Waals surface area contributed by atoms with Crippen LogP contribution in [0.25, 0.3) is 6.08 Å². The third-order valence-corrected chi connectivity index (χ3v) is 5.39. The lowest BCUT2D eigenvalue weighted by Gasteiger charge is -2.50. The quantitative estimate of drug-likeness (QED) is 0.634. The molecule has 3 heterocycles. The molecule has 0 bridgehead atoms. The summed E-state index contributed by atoms with van der Waals surface area (Å²) < 4.78 is 0. The number of piperazine rings is 1. The van der Waals surface area contributed by atoms with Gasteiger partial charge in [-0.05, 0) is 19.1 Å². The van der Waals surface area contributed by atoms with E-state index in [-0.39, 0.29) is 17.5 Å². The van der Waals surface area contributed by atoms with Gasteiger partial charge in [-0.3, -0.25) is 4.79 Å². The second kappa shape index (κ2) is 4.73. The monoisotopic (exact) mass is 302 g/mol. The minimum absolute atomic E-state index is 0.0299. The van der Waals surface area contributed by atoms with Gasteiger partial charge in [0.1, 0.15) is 11.9 Å². The van der Waals surface area contributed by atoms with Crippen molar-refractivity contribution in [2.45, 2.75) is 42.4 Å². The second-order valence-electron chi connectivity index (χ2n) is 5.96. The number of aromatic nitrogens is 2. The molecular weight excluding hydrogens is 284 g/mol. The summed E-state index contributed by atoms with van der Waals surface area (Å²) in [5, 5.41) is 3.86. The first-order valence-corrected chi connectivity index (χ1v) is 8.62. The number of amides is 1. The molecule has 1 N–H and O–H groups in total. The number of fused-ring (bicyclic) bond motifs is 4. The van der Waals surface area contributed by atoms with E-state index in [0.717, 1.165) is 35.9 Å². The second-order valence-corrected chi connectivity index (χ2v) is 6.73. The lowest BCUT2D eigenvalue weighted by atomic mass is 9.87. The van der Waals surface area contributed by atoms with Gasteiger partial charge in [-0.15, -0.1) is 0 Å². The zero-order chi connectivity index (χ0) is 14.4. The number of nitrogens with one attached hydrogen (secondary N) is 1. The molecule has 1 unspecified atom stereocenters. The first-order chi connectivity index (χ1) is 10.2. The van der Waals surface area contributed by atoms with E-state index < -0.39 is 0 Å². The molecule has 21 heavy (non-hydrogen) atoms. The number of thioether (sulfide) groups is 1. The highest BCUT2D eigenvalue weighted by molar-refractivity contribution is 7.98. The molecular formula is C15H18N4OS. The Kier molecular flexibility index (Phi) is 2.96. The van der Waals surface area contributed by atoms with Crippen LogP contribution in [0.2, 0.25) is 0 Å². The van der Waals surface area contributed by atoms with Gasteiger partial charge in [0.05, 0.1) is 5.54 Å². The van der Waals surface area contributed by atoms with Crippen molar-refractivity contribution in [3.05, 3.63) is 17.8 Å². The maximum Gasteiger partial charge on any atom is 0.246 e. The van der Waals surface area contributed by atoms with Crippen LogP contribution < -0.4 is 10.2 Å². The minimum atomic E-state index is -0.228. The number of carbonyl (C=O) groups is 1. The maximum absolute atomic E-state index is 12.3. The number of hydrogen-bond donors (Lipinski definition) is 1. The summed E-state index contributed by atoms with van der Waals surface area (Å²) in [6.45, 7) is 0.730. The Hall–Kier alpha value is -1.56. The summed E-state index contributed by atoms with van der Waals surface area (Å²) in [5.74, 6) is 1.01. The van der Waals surface area contributed by atoms with Gasteiger partial charge in [-0.25, -0.2) is 9.97 Å². The van der Waals surface area contributed by atoms with Crippen molar-refractivity contribution in [2.75, 3.05) is 17.7 Å². The SMILES string of the molecule is CSc1ncc2c(n1)N1C(C=C2)C(=O)NCC12CCCC2. The van der Waals surface area contributed by atoms with E-state index in [2.05, 4.69) is 15.2 Å². The van der Waals surface area contributed by atoms with Crippen molar-refractivity contribution in [3.63, 3.8) is 0 Å². The number of rotatable bonds is 1. The Morgan fingerprint density at radius 2 is 2.24 bits per heavy atom. The number of hydrogen-bond acceptors (Lipinski definition) is 5. The van der Waals surface area contributed by atoms with E-state index in [9.17, 15) is 4.79 Å². The highest BCUT2D eigenvalue weighted by Crippen LogP contribution is 2.43. The molecule has 1 aliphatic carbocycles. The van der Waals surface area contributed by atoms with Gasteiger partial charge in [0, 0.05) is 18.3 Å². The molecule has 110 valence electrons. The molecule has 2 fully saturated rings. The fourth-order valence-corrected chi connectivity index (χ4v) is 4.14. The molecule has 1 aromatic rings. The number of anilines is 1. The molecule has 0 aromatic carbocycles. The van der Waals surface area contributed by atoms with Crippen LogP contribution in [0.4, 0.5) is 5.82 Å². The van der Waals surface area contributed by atoms with Crippen molar-refractivity contribution in [1.29, 1.82) is 0 Å². The molecule has 1 atom stereocenters. The Balaban J connectivity index is 1.87. The van der Waals surface area contributed by atoms with Crippen LogP contribution in [0.3, 0.4) is 0 Å². The Bertz CT molecular complexity index is 624. The van der Waals surface area contributed by atoms with Gasteiger partial charge in [-0.1, -0.05) is 36.8 Å². The molecule has 6 heteroatoms. The van der Waals surface area contributed by atoms with Gasteiger partial charge in [0.25, 0.3) is 0 Å². The third-order valence-electron chi connectivity index (χ3n) is 4.83. The molecule has 1 spiro atoms. The zero-order valence-corrected chi connectivity index (χ0v) is 12.8. The summed E-state index contributed by atoms with van der Waals surface area (Å²) in [7, 11) is 0. The summed E-state index contributed by atoms with van der Waals surface area (Å²) in [4.78, 5) is 23.6. The molecule has 1 saturated carbocycles. The Morgan fingerprint density at radius 1 is 1.43 bits per heavy atom. The number of nitrogens with zero attached hydrogens (tertiary/aromatic N) is 3. The Morgan fingerprint density at radius 3 is 3.00 bits per heavy atom. The molecule has 1 amide bonds. The molecule has 5 nitrogen and oxygen atoms in total. The molecule has 3 aliphatic rings. The average molecular weight is 302 g/mol. The van der Waals surface area contributed by atoms with Gasteiger partial charge in [-0.2, -0.15) is 0 Å². The van der Waals surface area contributed by atoms with Crippen LogP contribution in [0.1, 0.15) is 31.2 Å². The van der Waals surface area contributed by atoms with E-state index in [1.165, 1.54) is 24.6 Å². The Labute approximate surface area is 128 Å². The largest absolute Gasteiger partial charge is 0.352 e. The number of carbonyl (C=O) groups excluding carboxylic acids is 1. The van der Waals surface area contributed by atoms with Crippen LogP contribution >= 0.6 is 11.8 Å². The fourth-order valence-electron chi connectivity index (χ4n) is 3.80. The normalized spacial score (nSPS) is 25.7. The van der Waals surface area contributed by atoms with E-state index >= 15 is 0 Å². The van der Waals surface area contributed by atoms with Crippen LogP contribution in [0, 0.1) is 0 Å². The highest BCUT2D eigenvalue weighted by atomic mass is 32.2. The molecule has 1 aromatic heterocycles. The maximum atomic E-state index is 12.3. The topological polar surface area (TPSA) is 58.1 Å². The van der Waals surface area contributed by atoms with Crippen molar-refractivity contribution < 1.29 is 4.79 Å².